The number of carbonyl (C=O) groups excluding carboxylic acids is 2. The maximum Gasteiger partial charge on any atom is 0.240 e. The van der Waals surface area contributed by atoms with E-state index >= 15 is 0 Å². The number of anilines is 1. The van der Waals surface area contributed by atoms with Crippen LogP contribution in [0.3, 0.4) is 0 Å². The monoisotopic (exact) mass is 326 g/mol. The van der Waals surface area contributed by atoms with Crippen molar-refractivity contribution in [3.63, 3.8) is 0 Å². The molecule has 2 aromatic rings. The molecule has 3 unspecified atom stereocenters. The number of hydrogen-bond donors (Lipinski definition) is 0. The van der Waals surface area contributed by atoms with E-state index in [9.17, 15) is 9.59 Å². The summed E-state index contributed by atoms with van der Waals surface area (Å²) in [5.74, 6) is -0.547. The summed E-state index contributed by atoms with van der Waals surface area (Å²) in [4.78, 5) is 31.7. The zero-order valence-electron chi connectivity index (χ0n) is 13.8. The van der Waals surface area contributed by atoms with Crippen LogP contribution in [0.5, 0.6) is 0 Å². The maximum atomic E-state index is 13.1. The molecular weight excluding hydrogens is 308 g/mol. The number of oxazole rings is 1. The number of nitrogens with zero attached hydrogens (tertiary/aromatic N) is 2. The molecule has 3 fully saturated rings. The Labute approximate surface area is 138 Å². The number of ether oxygens (including phenoxy) is 1. The summed E-state index contributed by atoms with van der Waals surface area (Å²) in [5, 5.41) is 0. The van der Waals surface area contributed by atoms with Gasteiger partial charge < -0.3 is 9.15 Å². The fourth-order valence-corrected chi connectivity index (χ4v) is 4.89. The van der Waals surface area contributed by atoms with Crippen LogP contribution < -0.4 is 4.90 Å². The van der Waals surface area contributed by atoms with Gasteiger partial charge in [0.1, 0.15) is 5.52 Å². The first-order valence-electron chi connectivity index (χ1n) is 8.28. The molecule has 4 atom stereocenters. The van der Waals surface area contributed by atoms with Gasteiger partial charge in [-0.1, -0.05) is 0 Å². The Morgan fingerprint density at radius 3 is 2.38 bits per heavy atom. The highest BCUT2D eigenvalue weighted by Gasteiger charge is 2.72. The van der Waals surface area contributed by atoms with Gasteiger partial charge in [-0.05, 0) is 38.8 Å². The van der Waals surface area contributed by atoms with Gasteiger partial charge in [-0.2, -0.15) is 0 Å². The van der Waals surface area contributed by atoms with Crippen LogP contribution in [-0.2, 0) is 14.3 Å². The van der Waals surface area contributed by atoms with Crippen molar-refractivity contribution in [3.8, 4) is 0 Å². The van der Waals surface area contributed by atoms with Gasteiger partial charge in [0.15, 0.2) is 11.5 Å². The van der Waals surface area contributed by atoms with Gasteiger partial charge >= 0.3 is 0 Å². The predicted octanol–water partition coefficient (Wildman–Crippen LogP) is 2.58. The molecule has 0 aliphatic carbocycles. The molecular formula is C18H18N2O4. The molecule has 24 heavy (non-hydrogen) atoms. The van der Waals surface area contributed by atoms with E-state index in [-0.39, 0.29) is 11.8 Å². The molecule has 0 spiro atoms. The van der Waals surface area contributed by atoms with E-state index < -0.39 is 23.0 Å². The molecule has 0 saturated carbocycles. The molecule has 6 heteroatoms. The molecule has 3 aliphatic rings. The van der Waals surface area contributed by atoms with E-state index in [0.29, 0.717) is 17.2 Å². The van der Waals surface area contributed by atoms with Crippen LogP contribution in [0.25, 0.3) is 11.1 Å². The van der Waals surface area contributed by atoms with Crippen molar-refractivity contribution in [2.24, 2.45) is 11.8 Å². The molecule has 0 radical (unpaired) electrons. The number of rotatable bonds is 1. The summed E-state index contributed by atoms with van der Waals surface area (Å²) in [6.07, 6.45) is 1.63. The first-order chi connectivity index (χ1) is 11.3. The van der Waals surface area contributed by atoms with Crippen LogP contribution in [0.1, 0.15) is 32.6 Å². The minimum absolute atomic E-state index is 0.161. The summed E-state index contributed by atoms with van der Waals surface area (Å²) < 4.78 is 11.7. The molecule has 2 bridgehead atoms. The lowest BCUT2D eigenvalue weighted by Gasteiger charge is -2.27. The van der Waals surface area contributed by atoms with E-state index in [1.807, 2.05) is 13.8 Å². The topological polar surface area (TPSA) is 72.6 Å². The van der Waals surface area contributed by atoms with Crippen LogP contribution in [-0.4, -0.2) is 28.0 Å². The van der Waals surface area contributed by atoms with E-state index in [4.69, 9.17) is 9.15 Å². The lowest BCUT2D eigenvalue weighted by Crippen LogP contribution is -2.40. The van der Waals surface area contributed by atoms with Gasteiger partial charge in [-0.3, -0.25) is 9.59 Å². The first-order valence-corrected chi connectivity index (χ1v) is 8.28. The number of aryl methyl sites for hydroxylation is 1. The highest BCUT2D eigenvalue weighted by Crippen LogP contribution is 2.60. The molecule has 6 nitrogen and oxygen atoms in total. The van der Waals surface area contributed by atoms with E-state index in [0.717, 1.165) is 18.4 Å². The lowest BCUT2D eigenvalue weighted by atomic mass is 9.69. The molecule has 0 N–H and O–H groups in total. The second-order valence-electron chi connectivity index (χ2n) is 7.58. The number of benzene rings is 1. The Hall–Kier alpha value is -2.21. The van der Waals surface area contributed by atoms with Crippen LogP contribution in [0, 0.1) is 18.8 Å². The van der Waals surface area contributed by atoms with Gasteiger partial charge in [0.05, 0.1) is 28.7 Å². The molecule has 3 aliphatic heterocycles. The maximum absolute atomic E-state index is 13.1. The molecule has 1 aromatic carbocycles. The zero-order chi connectivity index (χ0) is 16.9. The Morgan fingerprint density at radius 2 is 1.75 bits per heavy atom. The van der Waals surface area contributed by atoms with E-state index in [1.165, 1.54) is 4.90 Å². The molecule has 1 aromatic heterocycles. The lowest BCUT2D eigenvalue weighted by molar-refractivity contribution is -0.129. The van der Waals surface area contributed by atoms with Crippen molar-refractivity contribution in [2.75, 3.05) is 4.90 Å². The number of amides is 2. The Morgan fingerprint density at radius 1 is 1.12 bits per heavy atom. The number of imide groups is 1. The Balaban J connectivity index is 1.62. The van der Waals surface area contributed by atoms with Gasteiger partial charge in [0, 0.05) is 13.0 Å². The summed E-state index contributed by atoms with van der Waals surface area (Å²) in [5.41, 5.74) is 0.786. The minimum Gasteiger partial charge on any atom is -0.441 e. The summed E-state index contributed by atoms with van der Waals surface area (Å²) in [6, 6.07) is 5.26. The van der Waals surface area contributed by atoms with Crippen LogP contribution in [0.2, 0.25) is 0 Å². The second-order valence-corrected chi connectivity index (χ2v) is 7.58. The van der Waals surface area contributed by atoms with Crippen molar-refractivity contribution in [1.82, 2.24) is 4.98 Å². The number of fused-ring (bicyclic) bond motifs is 6. The average molecular weight is 326 g/mol. The number of carbonyl (C=O) groups is 2. The normalized spacial score (nSPS) is 37.7. The Kier molecular flexibility index (Phi) is 2.39. The molecule has 2 amide bonds. The fraction of sp³-hybridized carbons (Fsp3) is 0.500. The molecule has 4 heterocycles. The fourth-order valence-electron chi connectivity index (χ4n) is 4.89. The van der Waals surface area contributed by atoms with Gasteiger partial charge in [-0.25, -0.2) is 9.88 Å². The van der Waals surface area contributed by atoms with Crippen molar-refractivity contribution in [2.45, 2.75) is 44.8 Å². The smallest absolute Gasteiger partial charge is 0.240 e. The highest BCUT2D eigenvalue weighted by molar-refractivity contribution is 6.23. The van der Waals surface area contributed by atoms with Crippen LogP contribution in [0.4, 0.5) is 5.69 Å². The SMILES string of the molecule is Cc1nc2ccc(N3C(=O)C4[C@@H](C3=O)C3(C)CCC4(C)O3)cc2o1. The third-order valence-corrected chi connectivity index (χ3v) is 5.94. The van der Waals surface area contributed by atoms with Crippen molar-refractivity contribution in [3.05, 3.63) is 24.1 Å². The molecule has 124 valence electrons. The molecule has 5 rings (SSSR count). The third kappa shape index (κ3) is 1.52. The largest absolute Gasteiger partial charge is 0.441 e. The quantitative estimate of drug-likeness (QED) is 0.753. The van der Waals surface area contributed by atoms with Crippen molar-refractivity contribution in [1.29, 1.82) is 0 Å². The van der Waals surface area contributed by atoms with Crippen LogP contribution in [0.15, 0.2) is 22.6 Å². The predicted molar refractivity (Wildman–Crippen MR) is 85.3 cm³/mol. The van der Waals surface area contributed by atoms with Gasteiger partial charge in [-0.15, -0.1) is 0 Å². The van der Waals surface area contributed by atoms with Gasteiger partial charge in [0.25, 0.3) is 0 Å². The van der Waals surface area contributed by atoms with E-state index in [1.54, 1.807) is 25.1 Å². The molecule has 3 saturated heterocycles. The average Bonchev–Trinajstić information content (AvgIpc) is 3.17. The summed E-state index contributed by atoms with van der Waals surface area (Å²) >= 11 is 0. The number of aromatic nitrogens is 1. The second kappa shape index (κ2) is 4.06. The third-order valence-electron chi connectivity index (χ3n) is 5.94. The van der Waals surface area contributed by atoms with Crippen molar-refractivity contribution < 1.29 is 18.7 Å². The number of hydrogen-bond acceptors (Lipinski definition) is 5. The van der Waals surface area contributed by atoms with E-state index in [2.05, 4.69) is 4.98 Å². The Bertz CT molecular complexity index is 885. The summed E-state index contributed by atoms with van der Waals surface area (Å²) in [6.45, 7) is 5.69. The zero-order valence-corrected chi connectivity index (χ0v) is 13.8. The van der Waals surface area contributed by atoms with Crippen molar-refractivity contribution >= 4 is 28.6 Å². The summed E-state index contributed by atoms with van der Waals surface area (Å²) in [7, 11) is 0. The first kappa shape index (κ1) is 14.2. The van der Waals surface area contributed by atoms with Crippen LogP contribution >= 0.6 is 0 Å². The highest BCUT2D eigenvalue weighted by atomic mass is 16.5. The minimum atomic E-state index is -0.534. The standard InChI is InChI=1S/C18H18N2O4/c1-9-19-11-5-4-10(8-12(11)23-9)20-15(21)13-14(16(20)22)18(3)7-6-17(13,2)24-18/h4-5,8,13-14H,6-7H2,1-3H3/t13-,14?,17?,18?/m0/s1. The van der Waals surface area contributed by atoms with Gasteiger partial charge in [0.2, 0.25) is 11.8 Å².